The van der Waals surface area contributed by atoms with Crippen LogP contribution < -0.4 is 16.0 Å². The summed E-state index contributed by atoms with van der Waals surface area (Å²) in [6.07, 6.45) is 7.70. The van der Waals surface area contributed by atoms with Gasteiger partial charge in [0.2, 0.25) is 0 Å². The number of amides is 2. The summed E-state index contributed by atoms with van der Waals surface area (Å²) in [4.78, 5) is 11.6. The van der Waals surface area contributed by atoms with Crippen LogP contribution in [0.4, 0.5) is 27.5 Å². The number of carbonyl (C=O) groups is 1. The highest BCUT2D eigenvalue weighted by Gasteiger charge is 2.23. The third-order valence-electron chi connectivity index (χ3n) is 5.33. The van der Waals surface area contributed by atoms with Gasteiger partial charge < -0.3 is 10.6 Å². The van der Waals surface area contributed by atoms with E-state index in [2.05, 4.69) is 41.1 Å². The lowest BCUT2D eigenvalue weighted by Crippen LogP contribution is -2.11. The summed E-state index contributed by atoms with van der Waals surface area (Å²) in [5.74, 6) is 0.735. The molecule has 2 N–H and O–H groups in total. The van der Waals surface area contributed by atoms with Gasteiger partial charge in [0.05, 0.1) is 11.4 Å². The molecular weight excluding hydrogens is 310 g/mol. The van der Waals surface area contributed by atoms with E-state index in [4.69, 9.17) is 0 Å². The lowest BCUT2D eigenvalue weighted by Gasteiger charge is -2.23. The molecule has 1 aliphatic heterocycles. The third kappa shape index (κ3) is 3.48. The normalized spacial score (nSPS) is 16.9. The number of hydrogen-bond acceptors (Lipinski definition) is 2. The summed E-state index contributed by atoms with van der Waals surface area (Å²) >= 11 is 0. The maximum Gasteiger partial charge on any atom is 0.346 e. The topological polar surface area (TPSA) is 55.2 Å². The zero-order valence-corrected chi connectivity index (χ0v) is 14.6. The van der Waals surface area contributed by atoms with Crippen molar-refractivity contribution in [3.63, 3.8) is 0 Å². The number of urea groups is 1. The number of hydrogen-bond donors (Lipinski definition) is 2. The molecular formula is C21H24N3O. The molecule has 0 unspecified atom stereocenters. The van der Waals surface area contributed by atoms with E-state index in [0.717, 1.165) is 35.1 Å². The minimum atomic E-state index is -0.272. The fraction of sp³-hybridized carbons (Fsp3) is 0.381. The molecule has 0 bridgehead atoms. The first-order valence-electron chi connectivity index (χ1n) is 9.21. The van der Waals surface area contributed by atoms with Crippen molar-refractivity contribution in [2.75, 3.05) is 10.6 Å². The molecule has 4 nitrogen and oxygen atoms in total. The molecule has 0 atom stereocenters. The van der Waals surface area contributed by atoms with Crippen LogP contribution in [0.1, 0.15) is 43.2 Å². The largest absolute Gasteiger partial charge is 0.355 e. The molecule has 1 saturated carbocycles. The Balaban J connectivity index is 1.66. The Hall–Kier alpha value is -2.49. The van der Waals surface area contributed by atoms with E-state index in [-0.39, 0.29) is 6.03 Å². The quantitative estimate of drug-likeness (QED) is 0.760. The van der Waals surface area contributed by atoms with Crippen LogP contribution in [0.5, 0.6) is 0 Å². The van der Waals surface area contributed by atoms with Crippen molar-refractivity contribution in [3.8, 4) is 0 Å². The van der Waals surface area contributed by atoms with Gasteiger partial charge >= 0.3 is 6.03 Å². The van der Waals surface area contributed by atoms with E-state index in [9.17, 15) is 4.79 Å². The van der Waals surface area contributed by atoms with Crippen LogP contribution in [-0.2, 0) is 6.42 Å². The van der Waals surface area contributed by atoms with E-state index < -0.39 is 0 Å². The molecule has 1 aliphatic carbocycles. The molecule has 1 fully saturated rings. The Kier molecular flexibility index (Phi) is 4.35. The molecule has 0 spiro atoms. The molecule has 4 rings (SSSR count). The molecule has 2 aliphatic rings. The molecule has 0 aromatic heterocycles. The van der Waals surface area contributed by atoms with Gasteiger partial charge in [0.25, 0.3) is 0 Å². The maximum atomic E-state index is 11.6. The third-order valence-corrected chi connectivity index (χ3v) is 5.33. The van der Waals surface area contributed by atoms with Gasteiger partial charge in [0, 0.05) is 11.4 Å². The predicted molar refractivity (Wildman–Crippen MR) is 102 cm³/mol. The number of para-hydroxylation sites is 1. The second kappa shape index (κ2) is 6.79. The van der Waals surface area contributed by atoms with Gasteiger partial charge in [-0.2, -0.15) is 5.32 Å². The highest BCUT2D eigenvalue weighted by Crippen LogP contribution is 2.38. The van der Waals surface area contributed by atoms with Crippen molar-refractivity contribution in [2.45, 2.75) is 45.4 Å². The molecule has 1 heterocycles. The van der Waals surface area contributed by atoms with Crippen molar-refractivity contribution in [3.05, 3.63) is 47.5 Å². The minimum Gasteiger partial charge on any atom is -0.355 e. The predicted octanol–water partition coefficient (Wildman–Crippen LogP) is 5.64. The van der Waals surface area contributed by atoms with Gasteiger partial charge in [-0.1, -0.05) is 50.3 Å². The standard InChI is InChI=1S/C21H24N3O/c1-14-7-5-6-10-17(14)22-18-13-20-19(23-21(25)24-20)12-16(18)11-15-8-3-2-4-9-15/h5-7,10,12-13,15,22H,2-4,8-9,11H2,1H3,(H,23,25). The molecule has 4 heteroatoms. The molecule has 2 amide bonds. The fourth-order valence-electron chi connectivity index (χ4n) is 3.92. The monoisotopic (exact) mass is 334 g/mol. The van der Waals surface area contributed by atoms with Crippen molar-refractivity contribution in [2.24, 2.45) is 5.92 Å². The summed E-state index contributed by atoms with van der Waals surface area (Å²) in [7, 11) is 0. The zero-order valence-electron chi connectivity index (χ0n) is 14.6. The summed E-state index contributed by atoms with van der Waals surface area (Å²) in [5, 5.41) is 10.5. The van der Waals surface area contributed by atoms with E-state index in [1.165, 1.54) is 43.2 Å². The van der Waals surface area contributed by atoms with E-state index in [1.807, 2.05) is 18.2 Å². The Morgan fingerprint density at radius 3 is 2.72 bits per heavy atom. The number of rotatable bonds is 4. The van der Waals surface area contributed by atoms with Gasteiger partial charge in [0.1, 0.15) is 0 Å². The molecule has 129 valence electrons. The van der Waals surface area contributed by atoms with E-state index >= 15 is 0 Å². The van der Waals surface area contributed by atoms with Gasteiger partial charge in [-0.05, 0) is 48.6 Å². The number of anilines is 3. The van der Waals surface area contributed by atoms with Crippen LogP contribution in [0.25, 0.3) is 0 Å². The lowest BCUT2D eigenvalue weighted by atomic mass is 9.84. The van der Waals surface area contributed by atoms with Crippen LogP contribution >= 0.6 is 0 Å². The summed E-state index contributed by atoms with van der Waals surface area (Å²) in [5.41, 5.74) is 6.21. The Bertz CT molecular complexity index is 794. The first-order valence-corrected chi connectivity index (χ1v) is 9.21. The molecule has 2 aromatic rings. The smallest absolute Gasteiger partial charge is 0.346 e. The van der Waals surface area contributed by atoms with Gasteiger partial charge in [-0.3, -0.25) is 0 Å². The first-order chi connectivity index (χ1) is 12.2. The van der Waals surface area contributed by atoms with E-state index in [0.29, 0.717) is 0 Å². The van der Waals surface area contributed by atoms with Gasteiger partial charge in [0.15, 0.2) is 0 Å². The number of nitrogens with one attached hydrogen (secondary N) is 2. The van der Waals surface area contributed by atoms with Crippen molar-refractivity contribution >= 4 is 28.8 Å². The highest BCUT2D eigenvalue weighted by molar-refractivity contribution is 6.03. The summed E-state index contributed by atoms with van der Waals surface area (Å²) in [6, 6.07) is 12.1. The number of benzene rings is 2. The Morgan fingerprint density at radius 2 is 1.92 bits per heavy atom. The average Bonchev–Trinajstić information content (AvgIpc) is 2.97. The number of nitrogens with zero attached hydrogens (tertiary/aromatic N) is 1. The van der Waals surface area contributed by atoms with Crippen LogP contribution in [0.2, 0.25) is 0 Å². The molecule has 25 heavy (non-hydrogen) atoms. The van der Waals surface area contributed by atoms with Gasteiger partial charge in [-0.15, -0.1) is 0 Å². The second-order valence-electron chi connectivity index (χ2n) is 7.22. The maximum absolute atomic E-state index is 11.6. The SMILES string of the molecule is Cc1ccccc1Nc1cc2c(cc1CC1CCCCC1)NC(=O)[N]2. The zero-order chi connectivity index (χ0) is 17.2. The molecule has 0 saturated heterocycles. The van der Waals surface area contributed by atoms with Crippen LogP contribution in [0, 0.1) is 12.8 Å². The van der Waals surface area contributed by atoms with Crippen molar-refractivity contribution < 1.29 is 4.79 Å². The van der Waals surface area contributed by atoms with Crippen molar-refractivity contribution in [1.29, 1.82) is 0 Å². The number of fused-ring (bicyclic) bond motifs is 1. The first kappa shape index (κ1) is 16.0. The number of carbonyl (C=O) groups excluding carboxylic acids is 1. The van der Waals surface area contributed by atoms with E-state index in [1.54, 1.807) is 0 Å². The highest BCUT2D eigenvalue weighted by atomic mass is 16.2. The van der Waals surface area contributed by atoms with Crippen LogP contribution in [0.3, 0.4) is 0 Å². The molecule has 2 aromatic carbocycles. The van der Waals surface area contributed by atoms with Gasteiger partial charge in [-0.25, -0.2) is 4.79 Å². The summed E-state index contributed by atoms with van der Waals surface area (Å²) in [6.45, 7) is 2.10. The lowest BCUT2D eigenvalue weighted by molar-refractivity contribution is 0.256. The average molecular weight is 334 g/mol. The Morgan fingerprint density at radius 1 is 1.12 bits per heavy atom. The van der Waals surface area contributed by atoms with Crippen LogP contribution in [-0.4, -0.2) is 6.03 Å². The van der Waals surface area contributed by atoms with Crippen molar-refractivity contribution in [1.82, 2.24) is 5.32 Å². The number of aryl methyl sites for hydroxylation is 1. The summed E-state index contributed by atoms with van der Waals surface area (Å²) < 4.78 is 0. The molecule has 1 radical (unpaired) electrons. The van der Waals surface area contributed by atoms with Crippen LogP contribution in [0.15, 0.2) is 36.4 Å². The Labute approximate surface area is 149 Å². The second-order valence-corrected chi connectivity index (χ2v) is 7.22. The fourth-order valence-corrected chi connectivity index (χ4v) is 3.92. The minimum absolute atomic E-state index is 0.272.